The zero-order valence-electron chi connectivity index (χ0n) is 15.3. The molecule has 9 heteroatoms. The van der Waals surface area contributed by atoms with Gasteiger partial charge in [-0.3, -0.25) is 9.48 Å². The largest absolute Gasteiger partial charge is 0.414 e. The van der Waals surface area contributed by atoms with Crippen LogP contribution in [0.1, 0.15) is 17.2 Å². The van der Waals surface area contributed by atoms with E-state index >= 15 is 0 Å². The number of fused-ring (bicyclic) bond motifs is 1. The number of pyridine rings is 1. The molecule has 2 aromatic heterocycles. The van der Waals surface area contributed by atoms with Crippen LogP contribution in [0, 0.1) is 0 Å². The van der Waals surface area contributed by atoms with Gasteiger partial charge in [-0.1, -0.05) is 52.2 Å². The van der Waals surface area contributed by atoms with E-state index in [2.05, 4.69) is 20.6 Å². The molecular weight excluding hydrogens is 394 g/mol. The molecule has 0 aliphatic carbocycles. The van der Waals surface area contributed by atoms with E-state index in [9.17, 15) is 9.59 Å². The Morgan fingerprint density at radius 2 is 2.03 bits per heavy atom. The summed E-state index contributed by atoms with van der Waals surface area (Å²) in [7, 11) is 1.66. The number of carbonyl (C=O) groups excluding carboxylic acids is 1. The number of nitrogens with one attached hydrogen (secondary N) is 2. The van der Waals surface area contributed by atoms with Crippen LogP contribution in [0.2, 0.25) is 5.02 Å². The normalized spacial score (nSPS) is 11.9. The van der Waals surface area contributed by atoms with Crippen molar-refractivity contribution in [2.24, 2.45) is 7.05 Å². The van der Waals surface area contributed by atoms with E-state index in [1.54, 1.807) is 31.4 Å². The number of benzene rings is 2. The van der Waals surface area contributed by atoms with Gasteiger partial charge in [0, 0.05) is 29.2 Å². The van der Waals surface area contributed by atoms with Gasteiger partial charge in [-0.2, -0.15) is 0 Å². The third kappa shape index (κ3) is 3.97. The molecule has 4 aromatic rings. The van der Waals surface area contributed by atoms with Gasteiger partial charge in [-0.15, -0.1) is 0 Å². The van der Waals surface area contributed by atoms with Crippen molar-refractivity contribution in [2.75, 3.05) is 0 Å². The highest BCUT2D eigenvalue weighted by Crippen LogP contribution is 2.22. The van der Waals surface area contributed by atoms with Crippen LogP contribution in [0.5, 0.6) is 5.88 Å². The second-order valence-corrected chi connectivity index (χ2v) is 6.81. The minimum atomic E-state index is -0.755. The lowest BCUT2D eigenvalue weighted by molar-refractivity contribution is 0.196. The highest BCUT2D eigenvalue weighted by atomic mass is 35.5. The summed E-state index contributed by atoms with van der Waals surface area (Å²) in [5.41, 5.74) is 1.48. The molecular formula is C20H16ClN5O3. The molecule has 4 rings (SSSR count). The number of aromatic amines is 1. The molecule has 2 N–H and O–H groups in total. The molecule has 29 heavy (non-hydrogen) atoms. The summed E-state index contributed by atoms with van der Waals surface area (Å²) >= 11 is 6.01. The van der Waals surface area contributed by atoms with Gasteiger partial charge in [0.15, 0.2) is 5.43 Å². The van der Waals surface area contributed by atoms with Crippen molar-refractivity contribution in [3.8, 4) is 5.88 Å². The summed E-state index contributed by atoms with van der Waals surface area (Å²) in [4.78, 5) is 28.7. The van der Waals surface area contributed by atoms with Crippen LogP contribution in [-0.4, -0.2) is 26.1 Å². The van der Waals surface area contributed by atoms with Gasteiger partial charge < -0.3 is 15.0 Å². The Bertz CT molecular complexity index is 1240. The molecule has 1 atom stereocenters. The molecule has 0 bridgehead atoms. The molecule has 1 unspecified atom stereocenters. The van der Waals surface area contributed by atoms with E-state index in [0.717, 1.165) is 5.56 Å². The van der Waals surface area contributed by atoms with Gasteiger partial charge in [-0.05, 0) is 23.8 Å². The highest BCUT2D eigenvalue weighted by Gasteiger charge is 2.22. The minimum absolute atomic E-state index is 0.0545. The van der Waals surface area contributed by atoms with Gasteiger partial charge in [0.25, 0.3) is 5.88 Å². The first-order valence-electron chi connectivity index (χ1n) is 8.72. The number of carbonyl (C=O) groups is 1. The minimum Gasteiger partial charge on any atom is -0.388 e. The number of halogens is 1. The van der Waals surface area contributed by atoms with Crippen molar-refractivity contribution in [3.63, 3.8) is 0 Å². The topological polar surface area (TPSA) is 102 Å². The molecule has 0 aliphatic rings. The lowest BCUT2D eigenvalue weighted by Gasteiger charge is -2.19. The number of nitrogens with zero attached hydrogens (tertiary/aromatic N) is 3. The van der Waals surface area contributed by atoms with Crippen LogP contribution in [0.15, 0.2) is 65.7 Å². The predicted molar refractivity (Wildman–Crippen MR) is 108 cm³/mol. The van der Waals surface area contributed by atoms with Gasteiger partial charge >= 0.3 is 6.09 Å². The summed E-state index contributed by atoms with van der Waals surface area (Å²) in [6.07, 6.45) is 2.28. The number of rotatable bonds is 4. The van der Waals surface area contributed by atoms with E-state index in [1.165, 1.54) is 10.9 Å². The number of H-pyrrole nitrogens is 1. The number of hydrogen-bond donors (Lipinski definition) is 2. The Kier molecular flexibility index (Phi) is 5.01. The molecule has 1 amide bonds. The van der Waals surface area contributed by atoms with Crippen molar-refractivity contribution in [2.45, 2.75) is 6.04 Å². The Hall–Kier alpha value is -3.65. The van der Waals surface area contributed by atoms with E-state index < -0.39 is 12.1 Å². The van der Waals surface area contributed by atoms with Crippen LogP contribution >= 0.6 is 11.6 Å². The molecule has 8 nitrogen and oxygen atoms in total. The van der Waals surface area contributed by atoms with Crippen molar-refractivity contribution in [1.82, 2.24) is 25.3 Å². The fourth-order valence-electron chi connectivity index (χ4n) is 3.03. The van der Waals surface area contributed by atoms with Gasteiger partial charge in [-0.25, -0.2) is 4.79 Å². The Labute approximate surface area is 170 Å². The first-order valence-corrected chi connectivity index (χ1v) is 9.09. The molecule has 2 heterocycles. The molecule has 0 radical (unpaired) electrons. The number of hydrogen-bond acceptors (Lipinski definition) is 5. The lowest BCUT2D eigenvalue weighted by Crippen LogP contribution is -2.34. The molecule has 0 aliphatic heterocycles. The zero-order chi connectivity index (χ0) is 20.4. The average molecular weight is 410 g/mol. The monoisotopic (exact) mass is 409 g/mol. The summed E-state index contributed by atoms with van der Waals surface area (Å²) in [6.45, 7) is 0. The molecule has 2 aromatic carbocycles. The van der Waals surface area contributed by atoms with Crippen LogP contribution in [0.25, 0.3) is 10.9 Å². The summed E-state index contributed by atoms with van der Waals surface area (Å²) in [6, 6.07) is 13.4. The fourth-order valence-corrected chi connectivity index (χ4v) is 3.20. The maximum Gasteiger partial charge on any atom is 0.414 e. The maximum atomic E-state index is 13.1. The predicted octanol–water partition coefficient (Wildman–Crippen LogP) is 3.19. The van der Waals surface area contributed by atoms with Crippen LogP contribution in [0.4, 0.5) is 4.79 Å². The first-order chi connectivity index (χ1) is 14.0. The second kappa shape index (κ2) is 7.76. The van der Waals surface area contributed by atoms with Gasteiger partial charge in [0.1, 0.15) is 0 Å². The van der Waals surface area contributed by atoms with E-state index in [1.807, 2.05) is 30.3 Å². The Morgan fingerprint density at radius 3 is 2.76 bits per heavy atom. The lowest BCUT2D eigenvalue weighted by atomic mass is 9.98. The van der Waals surface area contributed by atoms with E-state index in [0.29, 0.717) is 21.5 Å². The molecule has 0 saturated heterocycles. The quantitative estimate of drug-likeness (QED) is 0.539. The van der Waals surface area contributed by atoms with Crippen molar-refractivity contribution in [3.05, 3.63) is 87.3 Å². The van der Waals surface area contributed by atoms with Gasteiger partial charge in [0.2, 0.25) is 0 Å². The standard InChI is InChI=1S/C20H16ClN5O3/c1-26-11-17(24-25-26)29-20(28)23-18(12-5-3-2-4-6-12)15-10-22-16-9-13(21)7-8-14(16)19(15)27/h2-11,18H,1H3,(H,22,27)(H,23,28). The zero-order valence-corrected chi connectivity index (χ0v) is 16.1. The van der Waals surface area contributed by atoms with Crippen LogP contribution in [0.3, 0.4) is 0 Å². The van der Waals surface area contributed by atoms with Crippen molar-refractivity contribution >= 4 is 28.6 Å². The number of aromatic nitrogens is 4. The molecule has 0 spiro atoms. The second-order valence-electron chi connectivity index (χ2n) is 6.37. The SMILES string of the molecule is Cn1cc(OC(=O)NC(c2ccccc2)c2c[nH]c3cc(Cl)ccc3c2=O)nn1. The number of ether oxygens (including phenoxy) is 1. The Balaban J connectivity index is 1.72. The van der Waals surface area contributed by atoms with E-state index in [-0.39, 0.29) is 11.3 Å². The number of amides is 1. The Morgan fingerprint density at radius 1 is 1.24 bits per heavy atom. The van der Waals surface area contributed by atoms with Crippen molar-refractivity contribution in [1.29, 1.82) is 0 Å². The van der Waals surface area contributed by atoms with Crippen LogP contribution in [-0.2, 0) is 7.05 Å². The third-order valence-electron chi connectivity index (χ3n) is 4.36. The summed E-state index contributed by atoms with van der Waals surface area (Å²) < 4.78 is 6.59. The molecule has 0 saturated carbocycles. The first kappa shape index (κ1) is 18.7. The summed E-state index contributed by atoms with van der Waals surface area (Å²) in [5.74, 6) is 0.0545. The van der Waals surface area contributed by atoms with Crippen LogP contribution < -0.4 is 15.5 Å². The average Bonchev–Trinajstić information content (AvgIpc) is 3.12. The van der Waals surface area contributed by atoms with Gasteiger partial charge in [0.05, 0.1) is 17.8 Å². The van der Waals surface area contributed by atoms with E-state index in [4.69, 9.17) is 16.3 Å². The molecule has 146 valence electrons. The fraction of sp³-hybridized carbons (Fsp3) is 0.100. The maximum absolute atomic E-state index is 13.1. The molecule has 0 fully saturated rings. The smallest absolute Gasteiger partial charge is 0.388 e. The third-order valence-corrected chi connectivity index (χ3v) is 4.59. The van der Waals surface area contributed by atoms with Crippen molar-refractivity contribution < 1.29 is 9.53 Å². The number of aryl methyl sites for hydroxylation is 1. The summed E-state index contributed by atoms with van der Waals surface area (Å²) in [5, 5.41) is 11.2. The highest BCUT2D eigenvalue weighted by molar-refractivity contribution is 6.31.